The molecule has 0 saturated carbocycles. The normalized spacial score (nSPS) is 21.8. The number of amides is 1. The van der Waals surface area contributed by atoms with Crippen molar-refractivity contribution in [1.82, 2.24) is 14.3 Å². The molecular weight excluding hydrogens is 400 g/mol. The standard InChI is InChI=1S/C22H26N4O3S/c1-28-17-7-2-6-16(13-17)23-22-24-19(21-26(22)10-12-30-21)15-5-3-9-25(14-15)20(27)18-8-4-11-29-18/h2,6-7,10,12-13,15,18H,3-5,8-9,11,14H2,1H3,(H,23,24). The van der Waals surface area contributed by atoms with Gasteiger partial charge in [-0.15, -0.1) is 11.3 Å². The van der Waals surface area contributed by atoms with Crippen molar-refractivity contribution in [3.8, 4) is 5.75 Å². The number of nitrogens with one attached hydrogen (secondary N) is 1. The molecule has 7 nitrogen and oxygen atoms in total. The van der Waals surface area contributed by atoms with Crippen molar-refractivity contribution in [2.75, 3.05) is 32.1 Å². The largest absolute Gasteiger partial charge is 0.497 e. The molecule has 0 aliphatic carbocycles. The Morgan fingerprint density at radius 1 is 1.33 bits per heavy atom. The summed E-state index contributed by atoms with van der Waals surface area (Å²) in [6, 6.07) is 7.83. The van der Waals surface area contributed by atoms with Gasteiger partial charge in [-0.05, 0) is 37.8 Å². The number of anilines is 2. The van der Waals surface area contributed by atoms with Crippen LogP contribution in [0.3, 0.4) is 0 Å². The van der Waals surface area contributed by atoms with E-state index >= 15 is 0 Å². The summed E-state index contributed by atoms with van der Waals surface area (Å²) in [5.74, 6) is 1.97. The second-order valence-corrected chi connectivity index (χ2v) is 8.78. The van der Waals surface area contributed by atoms with Crippen LogP contribution in [0.25, 0.3) is 4.83 Å². The molecule has 4 heterocycles. The average Bonchev–Trinajstić information content (AvgIpc) is 3.53. The summed E-state index contributed by atoms with van der Waals surface area (Å²) < 4.78 is 13.1. The minimum atomic E-state index is -0.252. The van der Waals surface area contributed by atoms with Crippen LogP contribution in [-0.2, 0) is 9.53 Å². The lowest BCUT2D eigenvalue weighted by molar-refractivity contribution is -0.142. The van der Waals surface area contributed by atoms with E-state index in [1.807, 2.05) is 35.4 Å². The summed E-state index contributed by atoms with van der Waals surface area (Å²) in [6.07, 6.45) is 5.64. The van der Waals surface area contributed by atoms with Gasteiger partial charge in [-0.1, -0.05) is 6.07 Å². The van der Waals surface area contributed by atoms with Gasteiger partial charge < -0.3 is 19.7 Å². The first-order chi connectivity index (χ1) is 14.7. The van der Waals surface area contributed by atoms with Crippen LogP contribution in [0.4, 0.5) is 11.6 Å². The van der Waals surface area contributed by atoms with Crippen molar-refractivity contribution in [2.45, 2.75) is 37.7 Å². The lowest BCUT2D eigenvalue weighted by Gasteiger charge is -2.33. The van der Waals surface area contributed by atoms with E-state index in [-0.39, 0.29) is 17.9 Å². The van der Waals surface area contributed by atoms with Crippen LogP contribution in [-0.4, -0.2) is 53.1 Å². The highest BCUT2D eigenvalue weighted by atomic mass is 32.1. The van der Waals surface area contributed by atoms with E-state index in [2.05, 4.69) is 15.1 Å². The summed E-state index contributed by atoms with van der Waals surface area (Å²) >= 11 is 1.69. The van der Waals surface area contributed by atoms with Crippen molar-refractivity contribution in [2.24, 2.45) is 0 Å². The minimum absolute atomic E-state index is 0.147. The Labute approximate surface area is 179 Å². The molecule has 2 unspecified atom stereocenters. The molecule has 0 spiro atoms. The lowest BCUT2D eigenvalue weighted by atomic mass is 9.94. The van der Waals surface area contributed by atoms with Gasteiger partial charge in [-0.2, -0.15) is 0 Å². The number of imidazole rings is 1. The monoisotopic (exact) mass is 426 g/mol. The third kappa shape index (κ3) is 3.65. The Balaban J connectivity index is 1.39. The highest BCUT2D eigenvalue weighted by Crippen LogP contribution is 2.35. The van der Waals surface area contributed by atoms with E-state index in [1.165, 1.54) is 0 Å². The van der Waals surface area contributed by atoms with Crippen molar-refractivity contribution >= 4 is 33.7 Å². The first-order valence-corrected chi connectivity index (χ1v) is 11.4. The minimum Gasteiger partial charge on any atom is -0.497 e. The predicted molar refractivity (Wildman–Crippen MR) is 117 cm³/mol. The molecule has 1 N–H and O–H groups in total. The van der Waals surface area contributed by atoms with Crippen LogP contribution in [0.2, 0.25) is 0 Å². The summed E-state index contributed by atoms with van der Waals surface area (Å²) in [5.41, 5.74) is 2.00. The molecule has 8 heteroatoms. The third-order valence-electron chi connectivity index (χ3n) is 5.93. The zero-order valence-corrected chi connectivity index (χ0v) is 17.9. The molecule has 1 aromatic carbocycles. The Hall–Kier alpha value is -2.58. The number of likely N-dealkylation sites (tertiary alicyclic amines) is 1. The fourth-order valence-corrected chi connectivity index (χ4v) is 5.31. The van der Waals surface area contributed by atoms with Crippen molar-refractivity contribution in [1.29, 1.82) is 0 Å². The third-order valence-corrected chi connectivity index (χ3v) is 6.82. The number of ether oxygens (including phenoxy) is 2. The molecule has 158 valence electrons. The number of carbonyl (C=O) groups is 1. The summed E-state index contributed by atoms with van der Waals surface area (Å²) in [7, 11) is 1.66. The SMILES string of the molecule is COc1cccc(Nc2nc(C3CCCN(C(=O)C4CCCO4)C3)c3sccn23)c1. The number of thiazole rings is 1. The van der Waals surface area contributed by atoms with E-state index < -0.39 is 0 Å². The highest BCUT2D eigenvalue weighted by molar-refractivity contribution is 7.15. The Kier molecular flexibility index (Phi) is 5.35. The molecule has 2 aromatic heterocycles. The molecule has 2 saturated heterocycles. The number of benzene rings is 1. The van der Waals surface area contributed by atoms with Crippen LogP contribution >= 0.6 is 11.3 Å². The quantitative estimate of drug-likeness (QED) is 0.667. The molecular formula is C22H26N4O3S. The smallest absolute Gasteiger partial charge is 0.251 e. The summed E-state index contributed by atoms with van der Waals surface area (Å²) in [6.45, 7) is 2.22. The van der Waals surface area contributed by atoms with Gasteiger partial charge in [0, 0.05) is 48.9 Å². The molecule has 3 aromatic rings. The van der Waals surface area contributed by atoms with Crippen LogP contribution < -0.4 is 10.1 Å². The number of rotatable bonds is 5. The first-order valence-electron chi connectivity index (χ1n) is 10.5. The second kappa shape index (κ2) is 8.28. The maximum absolute atomic E-state index is 12.9. The topological polar surface area (TPSA) is 68.1 Å². The maximum atomic E-state index is 12.9. The Morgan fingerprint density at radius 3 is 3.10 bits per heavy atom. The van der Waals surface area contributed by atoms with E-state index in [9.17, 15) is 4.79 Å². The van der Waals surface area contributed by atoms with Crippen molar-refractivity contribution < 1.29 is 14.3 Å². The number of aromatic nitrogens is 2. The highest BCUT2D eigenvalue weighted by Gasteiger charge is 2.33. The fraction of sp³-hybridized carbons (Fsp3) is 0.455. The van der Waals surface area contributed by atoms with E-state index in [0.29, 0.717) is 13.2 Å². The van der Waals surface area contributed by atoms with Crippen LogP contribution in [0, 0.1) is 0 Å². The predicted octanol–water partition coefficient (Wildman–Crippen LogP) is 4.03. The van der Waals surface area contributed by atoms with Crippen LogP contribution in [0.15, 0.2) is 35.8 Å². The van der Waals surface area contributed by atoms with Crippen LogP contribution in [0.1, 0.15) is 37.3 Å². The lowest BCUT2D eigenvalue weighted by Crippen LogP contribution is -2.44. The van der Waals surface area contributed by atoms with E-state index in [1.54, 1.807) is 18.4 Å². The fourth-order valence-electron chi connectivity index (χ4n) is 4.41. The zero-order chi connectivity index (χ0) is 20.5. The number of fused-ring (bicyclic) bond motifs is 1. The van der Waals surface area contributed by atoms with Gasteiger partial charge in [0.15, 0.2) is 0 Å². The number of piperidine rings is 1. The van der Waals surface area contributed by atoms with Gasteiger partial charge >= 0.3 is 0 Å². The van der Waals surface area contributed by atoms with Gasteiger partial charge in [-0.3, -0.25) is 9.20 Å². The Morgan fingerprint density at radius 2 is 2.27 bits per heavy atom. The number of hydrogen-bond donors (Lipinski definition) is 1. The zero-order valence-electron chi connectivity index (χ0n) is 17.0. The number of carbonyl (C=O) groups excluding carboxylic acids is 1. The first kappa shape index (κ1) is 19.4. The van der Waals surface area contributed by atoms with Gasteiger partial charge in [0.25, 0.3) is 5.91 Å². The van der Waals surface area contributed by atoms with Gasteiger partial charge in [-0.25, -0.2) is 4.98 Å². The van der Waals surface area contributed by atoms with E-state index in [0.717, 1.165) is 60.1 Å². The molecule has 2 fully saturated rings. The molecule has 0 bridgehead atoms. The average molecular weight is 427 g/mol. The number of nitrogens with zero attached hydrogens (tertiary/aromatic N) is 3. The molecule has 5 rings (SSSR count). The Bertz CT molecular complexity index is 1040. The molecule has 30 heavy (non-hydrogen) atoms. The van der Waals surface area contributed by atoms with Crippen molar-refractivity contribution in [3.05, 3.63) is 41.5 Å². The van der Waals surface area contributed by atoms with Gasteiger partial charge in [0.05, 0.1) is 12.8 Å². The van der Waals surface area contributed by atoms with Gasteiger partial charge in [0.2, 0.25) is 5.95 Å². The molecule has 2 aliphatic rings. The summed E-state index contributed by atoms with van der Waals surface area (Å²) in [4.78, 5) is 20.9. The number of hydrogen-bond acceptors (Lipinski definition) is 6. The van der Waals surface area contributed by atoms with Gasteiger partial charge in [0.1, 0.15) is 16.7 Å². The van der Waals surface area contributed by atoms with Crippen molar-refractivity contribution in [3.63, 3.8) is 0 Å². The number of methoxy groups -OCH3 is 1. The molecule has 1 amide bonds. The second-order valence-electron chi connectivity index (χ2n) is 7.88. The summed E-state index contributed by atoms with van der Waals surface area (Å²) in [5, 5.41) is 5.50. The maximum Gasteiger partial charge on any atom is 0.251 e. The van der Waals surface area contributed by atoms with E-state index in [4.69, 9.17) is 14.5 Å². The van der Waals surface area contributed by atoms with Crippen LogP contribution in [0.5, 0.6) is 5.75 Å². The molecule has 0 radical (unpaired) electrons. The molecule has 2 atom stereocenters. The molecule has 2 aliphatic heterocycles.